The number of nitriles is 1. The molecular weight excluding hydrogens is 358 g/mol. The van der Waals surface area contributed by atoms with Crippen LogP contribution in [0.25, 0.3) is 5.52 Å². The van der Waals surface area contributed by atoms with Crippen molar-refractivity contribution < 1.29 is 4.79 Å². The maximum Gasteiger partial charge on any atom is 0.187 e. The molecule has 2 aromatic heterocycles. The number of Topliss-reactive ketones (excluding diaryl/α,β-unsaturated/α-hetero) is 1. The van der Waals surface area contributed by atoms with Crippen molar-refractivity contribution in [2.45, 2.75) is 5.16 Å². The lowest BCUT2D eigenvalue weighted by molar-refractivity contribution is -0.112. The van der Waals surface area contributed by atoms with E-state index in [9.17, 15) is 10.1 Å². The first-order valence-electron chi connectivity index (χ1n) is 8.40. The summed E-state index contributed by atoms with van der Waals surface area (Å²) in [4.78, 5) is 21.0. The highest BCUT2D eigenvalue weighted by Crippen LogP contribution is 2.40. The van der Waals surface area contributed by atoms with Gasteiger partial charge in [-0.2, -0.15) is 5.26 Å². The minimum Gasteiger partial charge on any atom is -0.328 e. The van der Waals surface area contributed by atoms with Crippen LogP contribution in [0.1, 0.15) is 0 Å². The van der Waals surface area contributed by atoms with E-state index in [0.29, 0.717) is 5.82 Å². The third kappa shape index (κ3) is 2.84. The summed E-state index contributed by atoms with van der Waals surface area (Å²) in [5.74, 6) is 0.548. The SMILES string of the molecule is CN1C(=C(C#N)C(=O)CSc2ncc3ccccn23)N(C)c2ccccc21. The maximum absolute atomic E-state index is 12.8. The molecule has 4 rings (SSSR count). The highest BCUT2D eigenvalue weighted by atomic mass is 32.2. The van der Waals surface area contributed by atoms with Gasteiger partial charge in [-0.1, -0.05) is 30.0 Å². The van der Waals surface area contributed by atoms with Crippen LogP contribution in [0, 0.1) is 11.3 Å². The van der Waals surface area contributed by atoms with Crippen molar-refractivity contribution in [1.29, 1.82) is 5.26 Å². The molecule has 0 radical (unpaired) electrons. The Morgan fingerprint density at radius 1 is 1.11 bits per heavy atom. The molecule has 0 spiro atoms. The number of aromatic nitrogens is 2. The lowest BCUT2D eigenvalue weighted by atomic mass is 10.2. The normalized spacial score (nSPS) is 13.0. The third-order valence-corrected chi connectivity index (χ3v) is 5.56. The number of carbonyl (C=O) groups is 1. The summed E-state index contributed by atoms with van der Waals surface area (Å²) in [6.45, 7) is 0. The number of imidazole rings is 1. The lowest BCUT2D eigenvalue weighted by Gasteiger charge is -2.19. The zero-order valence-corrected chi connectivity index (χ0v) is 15.8. The molecule has 7 heteroatoms. The van der Waals surface area contributed by atoms with E-state index in [0.717, 1.165) is 22.0 Å². The molecule has 3 heterocycles. The highest BCUT2D eigenvalue weighted by Gasteiger charge is 2.31. The summed E-state index contributed by atoms with van der Waals surface area (Å²) in [6.07, 6.45) is 3.68. The van der Waals surface area contributed by atoms with Crippen LogP contribution in [0.3, 0.4) is 0 Å². The molecule has 0 amide bonds. The predicted octanol–water partition coefficient (Wildman–Crippen LogP) is 3.32. The van der Waals surface area contributed by atoms with Crippen LogP contribution in [0.2, 0.25) is 0 Å². The largest absolute Gasteiger partial charge is 0.328 e. The van der Waals surface area contributed by atoms with Gasteiger partial charge in [0, 0.05) is 20.3 Å². The van der Waals surface area contributed by atoms with Gasteiger partial charge in [-0.3, -0.25) is 9.20 Å². The first kappa shape index (κ1) is 17.2. The quantitative estimate of drug-likeness (QED) is 0.396. The average Bonchev–Trinajstić information content (AvgIpc) is 3.22. The molecule has 0 saturated heterocycles. The molecule has 1 aromatic carbocycles. The minimum absolute atomic E-state index is 0.151. The van der Waals surface area contributed by atoms with Crippen molar-refractivity contribution in [3.05, 3.63) is 66.3 Å². The first-order valence-corrected chi connectivity index (χ1v) is 9.39. The fraction of sp³-hybridized carbons (Fsp3) is 0.150. The Labute approximate surface area is 161 Å². The molecule has 0 fully saturated rings. The van der Waals surface area contributed by atoms with Gasteiger partial charge in [0.25, 0.3) is 0 Å². The van der Waals surface area contributed by atoms with Crippen LogP contribution in [0.5, 0.6) is 0 Å². The van der Waals surface area contributed by atoms with Gasteiger partial charge in [0.05, 0.1) is 28.8 Å². The second-order valence-electron chi connectivity index (χ2n) is 6.17. The molecule has 0 atom stereocenters. The fourth-order valence-electron chi connectivity index (χ4n) is 3.29. The predicted molar refractivity (Wildman–Crippen MR) is 107 cm³/mol. The molecule has 0 aliphatic carbocycles. The van der Waals surface area contributed by atoms with Gasteiger partial charge < -0.3 is 9.80 Å². The van der Waals surface area contributed by atoms with E-state index in [-0.39, 0.29) is 17.1 Å². The van der Waals surface area contributed by atoms with Gasteiger partial charge in [0.2, 0.25) is 0 Å². The molecule has 0 saturated carbocycles. The number of hydrogen-bond acceptors (Lipinski definition) is 6. The number of allylic oxidation sites excluding steroid dienone is 1. The minimum atomic E-state index is -0.211. The molecule has 6 nitrogen and oxygen atoms in total. The van der Waals surface area contributed by atoms with Gasteiger partial charge in [0.1, 0.15) is 17.5 Å². The van der Waals surface area contributed by atoms with Crippen LogP contribution in [-0.4, -0.2) is 35.0 Å². The van der Waals surface area contributed by atoms with Crippen molar-refractivity contribution >= 4 is 34.4 Å². The second kappa shape index (κ2) is 6.82. The van der Waals surface area contributed by atoms with E-state index in [1.165, 1.54) is 11.8 Å². The zero-order valence-electron chi connectivity index (χ0n) is 15.0. The van der Waals surface area contributed by atoms with Crippen molar-refractivity contribution in [3.8, 4) is 6.07 Å². The van der Waals surface area contributed by atoms with Crippen molar-refractivity contribution in [1.82, 2.24) is 9.38 Å². The number of rotatable bonds is 4. The molecule has 0 N–H and O–H groups in total. The number of thioether (sulfide) groups is 1. The van der Waals surface area contributed by atoms with E-state index in [4.69, 9.17) is 0 Å². The summed E-state index contributed by atoms with van der Waals surface area (Å²) in [5.41, 5.74) is 3.08. The number of fused-ring (bicyclic) bond motifs is 2. The molecule has 3 aromatic rings. The van der Waals surface area contributed by atoms with Gasteiger partial charge in [-0.25, -0.2) is 4.98 Å². The molecule has 0 bridgehead atoms. The van der Waals surface area contributed by atoms with Crippen LogP contribution >= 0.6 is 11.8 Å². The maximum atomic E-state index is 12.8. The van der Waals surface area contributed by atoms with E-state index < -0.39 is 0 Å². The van der Waals surface area contributed by atoms with Gasteiger partial charge >= 0.3 is 0 Å². The smallest absolute Gasteiger partial charge is 0.187 e. The Kier molecular flexibility index (Phi) is 4.34. The van der Waals surface area contributed by atoms with Crippen LogP contribution in [0.15, 0.2) is 71.4 Å². The number of benzene rings is 1. The van der Waals surface area contributed by atoms with Crippen LogP contribution in [-0.2, 0) is 4.79 Å². The molecule has 1 aliphatic rings. The molecule has 134 valence electrons. The Morgan fingerprint density at radius 2 is 1.78 bits per heavy atom. The molecule has 0 unspecified atom stereocenters. The summed E-state index contributed by atoms with van der Waals surface area (Å²) in [6, 6.07) is 15.8. The molecule has 27 heavy (non-hydrogen) atoms. The number of carbonyl (C=O) groups excluding carboxylic acids is 1. The van der Waals surface area contributed by atoms with Gasteiger partial charge in [-0.15, -0.1) is 0 Å². The van der Waals surface area contributed by atoms with Crippen molar-refractivity contribution in [2.75, 3.05) is 29.6 Å². The van der Waals surface area contributed by atoms with Crippen LogP contribution in [0.4, 0.5) is 11.4 Å². The zero-order chi connectivity index (χ0) is 19.0. The van der Waals surface area contributed by atoms with Crippen molar-refractivity contribution in [3.63, 3.8) is 0 Å². The second-order valence-corrected chi connectivity index (χ2v) is 7.11. The van der Waals surface area contributed by atoms with E-state index in [2.05, 4.69) is 11.1 Å². The highest BCUT2D eigenvalue weighted by molar-refractivity contribution is 7.99. The van der Waals surface area contributed by atoms with Gasteiger partial charge in [-0.05, 0) is 24.3 Å². The molecule has 1 aliphatic heterocycles. The number of hydrogen-bond donors (Lipinski definition) is 0. The summed E-state index contributed by atoms with van der Waals surface area (Å²) < 4.78 is 1.93. The Bertz CT molecular complexity index is 1080. The fourth-order valence-corrected chi connectivity index (χ4v) is 4.12. The number of ketones is 1. The monoisotopic (exact) mass is 375 g/mol. The third-order valence-electron chi connectivity index (χ3n) is 4.59. The summed E-state index contributed by atoms with van der Waals surface area (Å²) >= 11 is 1.33. The standard InChI is InChI=1S/C20H17N5OS/c1-23-16-8-3-4-9-17(16)24(2)19(23)15(11-21)18(26)13-27-20-22-12-14-7-5-6-10-25(14)20/h3-10,12H,13H2,1-2H3. The number of pyridine rings is 1. The van der Waals surface area contributed by atoms with E-state index in [1.807, 2.05) is 77.0 Å². The summed E-state index contributed by atoms with van der Waals surface area (Å²) in [7, 11) is 3.75. The van der Waals surface area contributed by atoms with Crippen LogP contribution < -0.4 is 9.80 Å². The first-order chi connectivity index (χ1) is 13.1. The van der Waals surface area contributed by atoms with E-state index >= 15 is 0 Å². The van der Waals surface area contributed by atoms with Gasteiger partial charge in [0.15, 0.2) is 10.9 Å². The average molecular weight is 375 g/mol. The number of para-hydroxylation sites is 2. The topological polar surface area (TPSA) is 64.6 Å². The van der Waals surface area contributed by atoms with E-state index in [1.54, 1.807) is 6.20 Å². The lowest BCUT2D eigenvalue weighted by Crippen LogP contribution is -2.26. The Hall–Kier alpha value is -3.24. The molecular formula is C20H17N5OS. The number of anilines is 2. The van der Waals surface area contributed by atoms with Crippen molar-refractivity contribution in [2.24, 2.45) is 0 Å². The number of nitrogens with zero attached hydrogens (tertiary/aromatic N) is 5. The Morgan fingerprint density at radius 3 is 2.44 bits per heavy atom. The summed E-state index contributed by atoms with van der Waals surface area (Å²) in [5, 5.41) is 10.4. The Balaban J connectivity index is 1.61.